The SMILES string of the molecule is CCOC(=O)c1ncn([C@@H]2CN(C(=O)OC(C)(C)C)CC[C@H]2O)c1-c1ccccc1. The Kier molecular flexibility index (Phi) is 6.45. The Morgan fingerprint density at radius 2 is 1.93 bits per heavy atom. The molecule has 0 spiro atoms. The molecule has 0 saturated carbocycles. The van der Waals surface area contributed by atoms with Crippen LogP contribution in [0.25, 0.3) is 11.3 Å². The van der Waals surface area contributed by atoms with Crippen LogP contribution in [-0.4, -0.2) is 63.0 Å². The minimum atomic E-state index is -0.699. The molecule has 1 saturated heterocycles. The molecule has 1 aromatic carbocycles. The van der Waals surface area contributed by atoms with Crippen LogP contribution in [0.2, 0.25) is 0 Å². The molecule has 8 nitrogen and oxygen atoms in total. The fourth-order valence-corrected chi connectivity index (χ4v) is 3.53. The van der Waals surface area contributed by atoms with Crippen LogP contribution in [0.1, 0.15) is 50.6 Å². The van der Waals surface area contributed by atoms with Crippen LogP contribution in [0.3, 0.4) is 0 Å². The Morgan fingerprint density at radius 1 is 1.23 bits per heavy atom. The summed E-state index contributed by atoms with van der Waals surface area (Å²) in [6.45, 7) is 8.06. The summed E-state index contributed by atoms with van der Waals surface area (Å²) in [6, 6.07) is 8.89. The van der Waals surface area contributed by atoms with E-state index in [9.17, 15) is 14.7 Å². The highest BCUT2D eigenvalue weighted by atomic mass is 16.6. The smallest absolute Gasteiger partial charge is 0.410 e. The van der Waals surface area contributed by atoms with Crippen molar-refractivity contribution in [2.75, 3.05) is 19.7 Å². The highest BCUT2D eigenvalue weighted by Crippen LogP contribution is 2.31. The Hall–Kier alpha value is -2.87. The summed E-state index contributed by atoms with van der Waals surface area (Å²) < 4.78 is 12.4. The van der Waals surface area contributed by atoms with Crippen molar-refractivity contribution < 1.29 is 24.2 Å². The van der Waals surface area contributed by atoms with Gasteiger partial charge in [0, 0.05) is 18.7 Å². The highest BCUT2D eigenvalue weighted by Gasteiger charge is 2.36. The number of hydrogen-bond donors (Lipinski definition) is 1. The first-order chi connectivity index (χ1) is 14.2. The van der Waals surface area contributed by atoms with Gasteiger partial charge in [0.1, 0.15) is 5.60 Å². The lowest BCUT2D eigenvalue weighted by Crippen LogP contribution is -2.48. The summed E-state index contributed by atoms with van der Waals surface area (Å²) in [4.78, 5) is 31.0. The van der Waals surface area contributed by atoms with E-state index in [0.717, 1.165) is 5.56 Å². The van der Waals surface area contributed by atoms with Crippen LogP contribution in [0.5, 0.6) is 0 Å². The number of rotatable bonds is 4. The van der Waals surface area contributed by atoms with E-state index in [-0.39, 0.29) is 18.8 Å². The van der Waals surface area contributed by atoms with Crippen molar-refractivity contribution in [3.8, 4) is 11.3 Å². The molecule has 1 aromatic heterocycles. The monoisotopic (exact) mass is 415 g/mol. The van der Waals surface area contributed by atoms with Gasteiger partial charge >= 0.3 is 12.1 Å². The van der Waals surface area contributed by atoms with Gasteiger partial charge in [-0.2, -0.15) is 0 Å². The molecule has 0 aliphatic carbocycles. The number of carbonyl (C=O) groups is 2. The standard InChI is InChI=1S/C22H29N3O5/c1-5-29-20(27)18-19(15-9-7-6-8-10-15)25(14-23-18)16-13-24(12-11-17(16)26)21(28)30-22(2,3)4/h6-10,14,16-17,26H,5,11-13H2,1-4H3/t16-,17-/m1/s1. The largest absolute Gasteiger partial charge is 0.461 e. The number of hydrogen-bond acceptors (Lipinski definition) is 6. The Bertz CT molecular complexity index is 888. The maximum absolute atomic E-state index is 12.6. The maximum atomic E-state index is 12.6. The van der Waals surface area contributed by atoms with Gasteiger partial charge in [-0.05, 0) is 34.1 Å². The van der Waals surface area contributed by atoms with Crippen LogP contribution >= 0.6 is 0 Å². The number of benzene rings is 1. The van der Waals surface area contributed by atoms with E-state index in [1.807, 2.05) is 51.1 Å². The Balaban J connectivity index is 1.97. The summed E-state index contributed by atoms with van der Waals surface area (Å²) in [5.74, 6) is -0.524. The second-order valence-electron chi connectivity index (χ2n) is 8.29. The van der Waals surface area contributed by atoms with Crippen molar-refractivity contribution in [2.24, 2.45) is 0 Å². The van der Waals surface area contributed by atoms with Crippen molar-refractivity contribution in [1.82, 2.24) is 14.5 Å². The molecule has 2 heterocycles. The Morgan fingerprint density at radius 3 is 2.57 bits per heavy atom. The number of amides is 1. The first-order valence-corrected chi connectivity index (χ1v) is 10.2. The molecule has 8 heteroatoms. The zero-order valence-electron chi connectivity index (χ0n) is 17.9. The van der Waals surface area contributed by atoms with Crippen LogP contribution in [0, 0.1) is 0 Å². The van der Waals surface area contributed by atoms with Crippen molar-refractivity contribution in [2.45, 2.75) is 51.9 Å². The molecule has 3 rings (SSSR count). The van der Waals surface area contributed by atoms with E-state index in [2.05, 4.69) is 4.98 Å². The van der Waals surface area contributed by atoms with Gasteiger partial charge in [-0.25, -0.2) is 14.6 Å². The minimum Gasteiger partial charge on any atom is -0.461 e. The van der Waals surface area contributed by atoms with Gasteiger partial charge in [0.25, 0.3) is 0 Å². The molecule has 1 N–H and O–H groups in total. The van der Waals surface area contributed by atoms with Gasteiger partial charge in [0.2, 0.25) is 0 Å². The molecular formula is C22H29N3O5. The second-order valence-corrected chi connectivity index (χ2v) is 8.29. The molecule has 0 radical (unpaired) electrons. The van der Waals surface area contributed by atoms with E-state index in [4.69, 9.17) is 9.47 Å². The molecule has 2 aromatic rings. The van der Waals surface area contributed by atoms with Gasteiger partial charge in [0.05, 0.1) is 30.8 Å². The number of piperidine rings is 1. The second kappa shape index (κ2) is 8.87. The normalized spacial score (nSPS) is 19.4. The summed E-state index contributed by atoms with van der Waals surface area (Å²) in [5, 5.41) is 10.7. The molecule has 1 amide bonds. The fourth-order valence-electron chi connectivity index (χ4n) is 3.53. The number of imidazole rings is 1. The summed E-state index contributed by atoms with van der Waals surface area (Å²) in [6.07, 6.45) is 0.799. The maximum Gasteiger partial charge on any atom is 0.410 e. The van der Waals surface area contributed by atoms with Crippen molar-refractivity contribution >= 4 is 12.1 Å². The zero-order valence-corrected chi connectivity index (χ0v) is 17.9. The van der Waals surface area contributed by atoms with Crippen LogP contribution in [-0.2, 0) is 9.47 Å². The van der Waals surface area contributed by atoms with Gasteiger partial charge in [0.15, 0.2) is 5.69 Å². The molecule has 30 heavy (non-hydrogen) atoms. The van der Waals surface area contributed by atoms with E-state index < -0.39 is 29.8 Å². The number of ether oxygens (including phenoxy) is 2. The number of aliphatic hydroxyl groups is 1. The predicted molar refractivity (Wildman–Crippen MR) is 111 cm³/mol. The average Bonchev–Trinajstić information content (AvgIpc) is 3.13. The van der Waals surface area contributed by atoms with Crippen molar-refractivity contribution in [1.29, 1.82) is 0 Å². The summed E-state index contributed by atoms with van der Waals surface area (Å²) >= 11 is 0. The number of esters is 1. The lowest BCUT2D eigenvalue weighted by molar-refractivity contribution is -0.00529. The number of nitrogens with zero attached hydrogens (tertiary/aromatic N) is 3. The molecule has 0 unspecified atom stereocenters. The third kappa shape index (κ3) is 4.81. The highest BCUT2D eigenvalue weighted by molar-refractivity contribution is 5.94. The predicted octanol–water partition coefficient (Wildman–Crippen LogP) is 3.27. The number of aromatic nitrogens is 2. The van der Waals surface area contributed by atoms with Gasteiger partial charge in [-0.15, -0.1) is 0 Å². The van der Waals surface area contributed by atoms with Gasteiger partial charge in [-0.3, -0.25) is 0 Å². The van der Waals surface area contributed by atoms with E-state index in [0.29, 0.717) is 18.7 Å². The first-order valence-electron chi connectivity index (χ1n) is 10.2. The number of carbonyl (C=O) groups excluding carboxylic acids is 2. The van der Waals surface area contributed by atoms with E-state index >= 15 is 0 Å². The number of likely N-dealkylation sites (tertiary alicyclic amines) is 1. The number of aliphatic hydroxyl groups excluding tert-OH is 1. The van der Waals surface area contributed by atoms with E-state index in [1.165, 1.54) is 6.33 Å². The third-order valence-corrected chi connectivity index (χ3v) is 4.87. The molecule has 1 fully saturated rings. The fraction of sp³-hybridized carbons (Fsp3) is 0.500. The first kappa shape index (κ1) is 21.8. The Labute approximate surface area is 176 Å². The molecular weight excluding hydrogens is 386 g/mol. The molecule has 162 valence electrons. The van der Waals surface area contributed by atoms with Crippen LogP contribution in [0.15, 0.2) is 36.7 Å². The topological polar surface area (TPSA) is 93.9 Å². The van der Waals surface area contributed by atoms with E-state index in [1.54, 1.807) is 16.4 Å². The minimum absolute atomic E-state index is 0.185. The van der Waals surface area contributed by atoms with Gasteiger partial charge < -0.3 is 24.0 Å². The van der Waals surface area contributed by atoms with Crippen molar-refractivity contribution in [3.05, 3.63) is 42.4 Å². The lowest BCUT2D eigenvalue weighted by atomic mass is 10.0. The average molecular weight is 415 g/mol. The molecule has 1 aliphatic heterocycles. The third-order valence-electron chi connectivity index (χ3n) is 4.87. The van der Waals surface area contributed by atoms with Gasteiger partial charge in [-0.1, -0.05) is 30.3 Å². The van der Waals surface area contributed by atoms with Crippen LogP contribution in [0.4, 0.5) is 4.79 Å². The quantitative estimate of drug-likeness (QED) is 0.771. The zero-order chi connectivity index (χ0) is 21.9. The van der Waals surface area contributed by atoms with Crippen molar-refractivity contribution in [3.63, 3.8) is 0 Å². The van der Waals surface area contributed by atoms with Crippen LogP contribution < -0.4 is 0 Å². The molecule has 0 bridgehead atoms. The summed E-state index contributed by atoms with van der Waals surface area (Å²) in [7, 11) is 0. The lowest BCUT2D eigenvalue weighted by Gasteiger charge is -2.38. The molecule has 1 aliphatic rings. The summed E-state index contributed by atoms with van der Waals surface area (Å²) in [5.41, 5.74) is 0.914. The molecule has 2 atom stereocenters.